The molecule has 1 unspecified atom stereocenters. The molecule has 0 radical (unpaired) electrons. The van der Waals surface area contributed by atoms with Gasteiger partial charge in [0.2, 0.25) is 11.8 Å². The summed E-state index contributed by atoms with van der Waals surface area (Å²) in [5, 5.41) is 10.9. The van der Waals surface area contributed by atoms with Gasteiger partial charge < -0.3 is 21.9 Å². The van der Waals surface area contributed by atoms with Crippen LogP contribution in [0.4, 0.5) is 0 Å². The van der Waals surface area contributed by atoms with Crippen LogP contribution in [0.5, 0.6) is 0 Å². The van der Waals surface area contributed by atoms with Crippen LogP contribution in [0.2, 0.25) is 0 Å². The van der Waals surface area contributed by atoms with E-state index in [1.54, 1.807) is 6.92 Å². The van der Waals surface area contributed by atoms with Crippen molar-refractivity contribution in [3.63, 3.8) is 0 Å². The van der Waals surface area contributed by atoms with Gasteiger partial charge in [0.25, 0.3) is 0 Å². The molecule has 6 N–H and O–H groups in total. The first kappa shape index (κ1) is 13.4. The number of carbonyl (C=O) groups is 3. The van der Waals surface area contributed by atoms with E-state index in [2.05, 4.69) is 5.32 Å². The van der Waals surface area contributed by atoms with Gasteiger partial charge in [0.15, 0.2) is 0 Å². The molecule has 0 fully saturated rings. The largest absolute Gasteiger partial charge is 0.480 e. The Morgan fingerprint density at radius 3 is 2.27 bits per heavy atom. The van der Waals surface area contributed by atoms with Crippen molar-refractivity contribution in [1.29, 1.82) is 0 Å². The molecule has 0 rings (SSSR count). The Bertz CT molecular complexity index is 267. The second-order valence-electron chi connectivity index (χ2n) is 3.21. The van der Waals surface area contributed by atoms with Crippen LogP contribution in [0.15, 0.2) is 0 Å². The summed E-state index contributed by atoms with van der Waals surface area (Å²) in [6, 6.07) is -1.29. The van der Waals surface area contributed by atoms with Crippen LogP contribution in [0.25, 0.3) is 0 Å². The van der Waals surface area contributed by atoms with E-state index >= 15 is 0 Å². The molecule has 0 saturated heterocycles. The molecule has 0 aromatic heterocycles. The van der Waals surface area contributed by atoms with Crippen molar-refractivity contribution in [1.82, 2.24) is 5.32 Å². The van der Waals surface area contributed by atoms with Gasteiger partial charge in [-0.2, -0.15) is 0 Å². The first-order valence-electron chi connectivity index (χ1n) is 4.40. The Morgan fingerprint density at radius 2 is 1.93 bits per heavy atom. The topological polar surface area (TPSA) is 136 Å². The Labute approximate surface area is 86.8 Å². The van der Waals surface area contributed by atoms with Crippen LogP contribution in [0, 0.1) is 5.92 Å². The molecule has 2 amide bonds. The van der Waals surface area contributed by atoms with Crippen molar-refractivity contribution in [2.24, 2.45) is 17.4 Å². The lowest BCUT2D eigenvalue weighted by Gasteiger charge is -2.15. The zero-order valence-electron chi connectivity index (χ0n) is 8.40. The summed E-state index contributed by atoms with van der Waals surface area (Å²) in [4.78, 5) is 32.4. The molecule has 15 heavy (non-hydrogen) atoms. The van der Waals surface area contributed by atoms with E-state index in [9.17, 15) is 14.4 Å². The molecular weight excluding hydrogens is 202 g/mol. The van der Waals surface area contributed by atoms with Crippen molar-refractivity contribution < 1.29 is 19.5 Å². The highest BCUT2D eigenvalue weighted by Gasteiger charge is 2.23. The quantitative estimate of drug-likeness (QED) is 0.409. The normalized spacial score (nSPS) is 14.0. The van der Waals surface area contributed by atoms with Crippen LogP contribution < -0.4 is 16.8 Å². The predicted molar refractivity (Wildman–Crippen MR) is 51.6 cm³/mol. The van der Waals surface area contributed by atoms with Crippen molar-refractivity contribution in [3.05, 3.63) is 0 Å². The van der Waals surface area contributed by atoms with Crippen molar-refractivity contribution in [2.75, 3.05) is 6.54 Å². The SMILES string of the molecule is CC(CN)C(=O)N[C@H](CC(N)=O)C(=O)O. The fraction of sp³-hybridized carbons (Fsp3) is 0.625. The minimum Gasteiger partial charge on any atom is -0.480 e. The highest BCUT2D eigenvalue weighted by atomic mass is 16.4. The number of aliphatic carboxylic acids is 1. The third kappa shape index (κ3) is 4.96. The highest BCUT2D eigenvalue weighted by Crippen LogP contribution is 1.96. The molecule has 0 aromatic rings. The molecule has 7 heteroatoms. The van der Waals surface area contributed by atoms with Crippen LogP contribution in [0.1, 0.15) is 13.3 Å². The van der Waals surface area contributed by atoms with Crippen molar-refractivity contribution in [2.45, 2.75) is 19.4 Å². The average Bonchev–Trinajstić information content (AvgIpc) is 2.14. The number of hydrogen-bond acceptors (Lipinski definition) is 4. The fourth-order valence-corrected chi connectivity index (χ4v) is 0.822. The van der Waals surface area contributed by atoms with Gasteiger partial charge in [-0.3, -0.25) is 9.59 Å². The molecule has 0 aliphatic carbocycles. The minimum atomic E-state index is -1.30. The maximum atomic E-state index is 11.3. The van der Waals surface area contributed by atoms with Crippen LogP contribution >= 0.6 is 0 Å². The van der Waals surface area contributed by atoms with E-state index in [4.69, 9.17) is 16.6 Å². The van der Waals surface area contributed by atoms with Crippen molar-refractivity contribution in [3.8, 4) is 0 Å². The average molecular weight is 217 g/mol. The van der Waals surface area contributed by atoms with Gasteiger partial charge >= 0.3 is 5.97 Å². The predicted octanol–water partition coefficient (Wildman–Crippen LogP) is -1.97. The molecule has 0 aromatic carbocycles. The fourth-order valence-electron chi connectivity index (χ4n) is 0.822. The van der Waals surface area contributed by atoms with Gasteiger partial charge in [-0.15, -0.1) is 0 Å². The lowest BCUT2D eigenvalue weighted by Crippen LogP contribution is -2.46. The Morgan fingerprint density at radius 1 is 1.40 bits per heavy atom. The van der Waals surface area contributed by atoms with Gasteiger partial charge in [0.1, 0.15) is 6.04 Å². The Hall–Kier alpha value is -1.63. The molecular formula is C8H15N3O4. The summed E-state index contributed by atoms with van der Waals surface area (Å²) in [5.74, 6) is -3.10. The van der Waals surface area contributed by atoms with Gasteiger partial charge in [-0.25, -0.2) is 4.79 Å². The summed E-state index contributed by atoms with van der Waals surface area (Å²) in [7, 11) is 0. The number of carbonyl (C=O) groups excluding carboxylic acids is 2. The first-order valence-corrected chi connectivity index (χ1v) is 4.40. The molecule has 0 spiro atoms. The first-order chi connectivity index (χ1) is 6.88. The Kier molecular flexibility index (Phi) is 5.32. The highest BCUT2D eigenvalue weighted by molar-refractivity contribution is 5.88. The van der Waals surface area contributed by atoms with Gasteiger partial charge in [-0.05, 0) is 0 Å². The molecule has 0 aliphatic rings. The third-order valence-electron chi connectivity index (χ3n) is 1.82. The summed E-state index contributed by atoms with van der Waals surface area (Å²) >= 11 is 0. The summed E-state index contributed by atoms with van der Waals surface area (Å²) in [5.41, 5.74) is 10.1. The second-order valence-corrected chi connectivity index (χ2v) is 3.21. The van der Waals surface area contributed by atoms with E-state index in [0.717, 1.165) is 0 Å². The standard InChI is InChI=1S/C8H15N3O4/c1-4(3-9)7(13)11-5(8(14)15)2-6(10)12/h4-5H,2-3,9H2,1H3,(H2,10,12)(H,11,13)(H,14,15)/t4?,5-/m1/s1. The molecule has 7 nitrogen and oxygen atoms in total. The lowest BCUT2D eigenvalue weighted by atomic mass is 10.1. The third-order valence-corrected chi connectivity index (χ3v) is 1.82. The molecule has 0 aliphatic heterocycles. The number of hydrogen-bond donors (Lipinski definition) is 4. The number of carboxylic acid groups (broad SMARTS) is 1. The van der Waals surface area contributed by atoms with Crippen LogP contribution in [0.3, 0.4) is 0 Å². The van der Waals surface area contributed by atoms with E-state index in [0.29, 0.717) is 0 Å². The minimum absolute atomic E-state index is 0.106. The number of carboxylic acids is 1. The second kappa shape index (κ2) is 5.97. The van der Waals surface area contributed by atoms with Crippen molar-refractivity contribution >= 4 is 17.8 Å². The van der Waals surface area contributed by atoms with E-state index in [1.807, 2.05) is 0 Å². The summed E-state index contributed by atoms with van der Waals surface area (Å²) in [6.07, 6.45) is -0.432. The van der Waals surface area contributed by atoms with Crippen LogP contribution in [-0.2, 0) is 14.4 Å². The number of rotatable bonds is 6. The van der Waals surface area contributed by atoms with Gasteiger partial charge in [-0.1, -0.05) is 6.92 Å². The number of nitrogens with two attached hydrogens (primary N) is 2. The zero-order chi connectivity index (χ0) is 12.0. The smallest absolute Gasteiger partial charge is 0.326 e. The van der Waals surface area contributed by atoms with Gasteiger partial charge in [0, 0.05) is 12.5 Å². The molecule has 0 bridgehead atoms. The monoisotopic (exact) mass is 217 g/mol. The van der Waals surface area contributed by atoms with Gasteiger partial charge in [0.05, 0.1) is 6.42 Å². The number of primary amides is 1. The summed E-state index contributed by atoms with van der Waals surface area (Å²) < 4.78 is 0. The van der Waals surface area contributed by atoms with Crippen LogP contribution in [-0.4, -0.2) is 35.5 Å². The Balaban J connectivity index is 4.35. The van der Waals surface area contributed by atoms with E-state index in [-0.39, 0.29) is 6.54 Å². The molecule has 86 valence electrons. The maximum Gasteiger partial charge on any atom is 0.326 e. The van der Waals surface area contributed by atoms with E-state index in [1.165, 1.54) is 0 Å². The lowest BCUT2D eigenvalue weighted by molar-refractivity contribution is -0.143. The number of nitrogens with one attached hydrogen (secondary N) is 1. The molecule has 2 atom stereocenters. The maximum absolute atomic E-state index is 11.3. The molecule has 0 saturated carbocycles. The number of amides is 2. The molecule has 0 heterocycles. The summed E-state index contributed by atoms with van der Waals surface area (Å²) in [6.45, 7) is 1.66. The zero-order valence-corrected chi connectivity index (χ0v) is 8.40. The van der Waals surface area contributed by atoms with E-state index < -0.39 is 36.2 Å².